The smallest absolute Gasteiger partial charge is 0.238 e. The number of hydrogen-bond acceptors (Lipinski definition) is 5. The van der Waals surface area contributed by atoms with Gasteiger partial charge in [-0.2, -0.15) is 5.10 Å². The van der Waals surface area contributed by atoms with Gasteiger partial charge in [-0.25, -0.2) is 18.2 Å². The molecule has 0 saturated heterocycles. The van der Waals surface area contributed by atoms with Gasteiger partial charge in [0.1, 0.15) is 0 Å². The van der Waals surface area contributed by atoms with E-state index in [9.17, 15) is 18.0 Å². The summed E-state index contributed by atoms with van der Waals surface area (Å²) in [4.78, 5) is 24.2. The number of rotatable bonds is 4. The summed E-state index contributed by atoms with van der Waals surface area (Å²) in [5.74, 6) is -0.607. The third-order valence-corrected chi connectivity index (χ3v) is 5.34. The lowest BCUT2D eigenvalue weighted by Gasteiger charge is -2.11. The number of carbonyl (C=O) groups excluding carboxylic acids is 2. The minimum Gasteiger partial charge on any atom is -0.290 e. The molecule has 1 aromatic heterocycles. The molecule has 7 nitrogen and oxygen atoms in total. The molecule has 0 aliphatic heterocycles. The van der Waals surface area contributed by atoms with E-state index < -0.39 is 10.0 Å². The van der Waals surface area contributed by atoms with E-state index in [-0.39, 0.29) is 22.0 Å². The van der Waals surface area contributed by atoms with Crippen molar-refractivity contribution in [3.05, 3.63) is 84.6 Å². The topological polar surface area (TPSA) is 112 Å². The fourth-order valence-electron chi connectivity index (χ4n) is 3.01. The second-order valence-electron chi connectivity index (χ2n) is 6.39. The number of benzene rings is 2. The summed E-state index contributed by atoms with van der Waals surface area (Å²) >= 11 is 0. The molecule has 0 fully saturated rings. The number of allylic oxidation sites excluding steroid dienone is 4. The first-order chi connectivity index (χ1) is 13.8. The molecule has 29 heavy (non-hydrogen) atoms. The Morgan fingerprint density at radius 2 is 1.59 bits per heavy atom. The van der Waals surface area contributed by atoms with Crippen LogP contribution < -0.4 is 5.14 Å². The highest BCUT2D eigenvalue weighted by atomic mass is 32.2. The normalized spacial score (nSPS) is 14.2. The Morgan fingerprint density at radius 3 is 2.24 bits per heavy atom. The molecule has 0 saturated carbocycles. The predicted octanol–water partition coefficient (Wildman–Crippen LogP) is 2.28. The molecule has 1 aliphatic carbocycles. The number of nitrogens with two attached hydrogens (primary N) is 1. The van der Waals surface area contributed by atoms with E-state index in [1.165, 1.54) is 47.2 Å². The van der Waals surface area contributed by atoms with Gasteiger partial charge in [0.15, 0.2) is 11.6 Å². The Balaban J connectivity index is 1.89. The summed E-state index contributed by atoms with van der Waals surface area (Å²) in [7, 11) is -3.84. The molecule has 3 aromatic rings. The zero-order chi connectivity index (χ0) is 20.6. The van der Waals surface area contributed by atoms with Crippen LogP contribution in [0.3, 0.4) is 0 Å². The molecule has 2 aromatic carbocycles. The summed E-state index contributed by atoms with van der Waals surface area (Å²) in [6, 6.07) is 16.9. The van der Waals surface area contributed by atoms with Gasteiger partial charge >= 0.3 is 0 Å². The highest BCUT2D eigenvalue weighted by Crippen LogP contribution is 2.28. The quantitative estimate of drug-likeness (QED) is 0.669. The van der Waals surface area contributed by atoms with Crippen LogP contribution in [0.15, 0.2) is 83.8 Å². The number of aromatic nitrogens is 2. The molecule has 8 heteroatoms. The van der Waals surface area contributed by atoms with Crippen LogP contribution in [0, 0.1) is 0 Å². The summed E-state index contributed by atoms with van der Waals surface area (Å²) in [6.45, 7) is 0. The minimum absolute atomic E-state index is 0.0377. The number of primary sulfonamides is 1. The zero-order valence-corrected chi connectivity index (χ0v) is 15.8. The van der Waals surface area contributed by atoms with Crippen LogP contribution in [0.25, 0.3) is 22.5 Å². The van der Waals surface area contributed by atoms with Crippen molar-refractivity contribution in [2.24, 2.45) is 5.14 Å². The fraction of sp³-hybridized carbons (Fsp3) is 0. The highest BCUT2D eigenvalue weighted by Gasteiger charge is 2.22. The lowest BCUT2D eigenvalue weighted by Crippen LogP contribution is -2.13. The summed E-state index contributed by atoms with van der Waals surface area (Å²) in [6.07, 6.45) is 3.70. The lowest BCUT2D eigenvalue weighted by molar-refractivity contribution is -0.113. The first-order valence-electron chi connectivity index (χ1n) is 8.60. The molecule has 1 heterocycles. The Kier molecular flexibility index (Phi) is 4.57. The average Bonchev–Trinajstić information content (AvgIpc) is 3.15. The largest absolute Gasteiger partial charge is 0.290 e. The van der Waals surface area contributed by atoms with Gasteiger partial charge in [-0.05, 0) is 48.6 Å². The van der Waals surface area contributed by atoms with E-state index in [1.807, 2.05) is 30.3 Å². The molecular weight excluding hydrogens is 390 g/mol. The molecule has 0 amide bonds. The van der Waals surface area contributed by atoms with Crippen molar-refractivity contribution >= 4 is 27.2 Å². The van der Waals surface area contributed by atoms with Gasteiger partial charge < -0.3 is 0 Å². The standard InChI is InChI=1S/C21H15N3O4S/c22-29(27,28)17-9-6-15(7-10-17)24-20(18-12-16(25)8-11-21(18)26)13-19(23-24)14-4-2-1-3-5-14/h1-13H,(H2,22,27,28). The third kappa shape index (κ3) is 3.71. The van der Waals surface area contributed by atoms with Crippen molar-refractivity contribution in [3.63, 3.8) is 0 Å². The molecule has 0 unspecified atom stereocenters. The molecule has 4 rings (SSSR count). The van der Waals surface area contributed by atoms with Gasteiger partial charge in [-0.3, -0.25) is 9.59 Å². The average molecular weight is 405 g/mol. The number of ketones is 2. The van der Waals surface area contributed by atoms with Crippen molar-refractivity contribution < 1.29 is 18.0 Å². The Hall–Kier alpha value is -3.62. The second kappa shape index (κ2) is 7.08. The van der Waals surface area contributed by atoms with Gasteiger partial charge in [0.05, 0.1) is 27.5 Å². The molecule has 144 valence electrons. The zero-order valence-electron chi connectivity index (χ0n) is 15.0. The maximum absolute atomic E-state index is 12.4. The van der Waals surface area contributed by atoms with Gasteiger partial charge in [-0.15, -0.1) is 0 Å². The summed E-state index contributed by atoms with van der Waals surface area (Å²) in [5, 5.41) is 9.74. The number of hydrogen-bond donors (Lipinski definition) is 1. The number of nitrogens with zero attached hydrogens (tertiary/aromatic N) is 2. The lowest BCUT2D eigenvalue weighted by atomic mass is 9.99. The van der Waals surface area contributed by atoms with E-state index in [0.29, 0.717) is 17.1 Å². The van der Waals surface area contributed by atoms with Crippen LogP contribution in [0.1, 0.15) is 5.69 Å². The monoisotopic (exact) mass is 405 g/mol. The minimum atomic E-state index is -3.84. The van der Waals surface area contributed by atoms with E-state index in [4.69, 9.17) is 5.14 Å². The maximum atomic E-state index is 12.4. The van der Waals surface area contributed by atoms with E-state index in [2.05, 4.69) is 5.10 Å². The predicted molar refractivity (Wildman–Crippen MR) is 108 cm³/mol. The van der Waals surface area contributed by atoms with Crippen LogP contribution in [0.5, 0.6) is 0 Å². The molecule has 0 bridgehead atoms. The van der Waals surface area contributed by atoms with E-state index >= 15 is 0 Å². The van der Waals surface area contributed by atoms with Crippen molar-refractivity contribution in [1.82, 2.24) is 9.78 Å². The van der Waals surface area contributed by atoms with Gasteiger partial charge in [-0.1, -0.05) is 30.3 Å². The first kappa shape index (κ1) is 18.7. The van der Waals surface area contributed by atoms with Gasteiger partial charge in [0, 0.05) is 5.56 Å². The van der Waals surface area contributed by atoms with Crippen LogP contribution in [0.4, 0.5) is 0 Å². The van der Waals surface area contributed by atoms with Crippen LogP contribution in [0.2, 0.25) is 0 Å². The van der Waals surface area contributed by atoms with Gasteiger partial charge in [0.25, 0.3) is 0 Å². The van der Waals surface area contributed by atoms with Crippen LogP contribution in [-0.4, -0.2) is 29.8 Å². The van der Waals surface area contributed by atoms with Crippen LogP contribution in [-0.2, 0) is 19.6 Å². The summed E-state index contributed by atoms with van der Waals surface area (Å²) in [5.41, 5.74) is 2.59. The number of sulfonamides is 1. The Labute approximate surface area is 166 Å². The Bertz CT molecular complexity index is 1290. The molecule has 0 atom stereocenters. The molecule has 0 spiro atoms. The fourth-order valence-corrected chi connectivity index (χ4v) is 3.52. The third-order valence-electron chi connectivity index (χ3n) is 4.42. The van der Waals surface area contributed by atoms with E-state index in [0.717, 1.165) is 5.56 Å². The molecule has 2 N–H and O–H groups in total. The van der Waals surface area contributed by atoms with Crippen molar-refractivity contribution in [3.8, 4) is 16.9 Å². The Morgan fingerprint density at radius 1 is 0.897 bits per heavy atom. The second-order valence-corrected chi connectivity index (χ2v) is 7.95. The highest BCUT2D eigenvalue weighted by molar-refractivity contribution is 7.89. The number of carbonyl (C=O) groups is 2. The summed E-state index contributed by atoms with van der Waals surface area (Å²) < 4.78 is 24.5. The van der Waals surface area contributed by atoms with Gasteiger partial charge in [0.2, 0.25) is 10.0 Å². The first-order valence-corrected chi connectivity index (χ1v) is 10.1. The van der Waals surface area contributed by atoms with Crippen molar-refractivity contribution in [2.75, 3.05) is 0 Å². The SMILES string of the molecule is NS(=O)(=O)c1ccc(-n2nc(-c3ccccc3)cc2C2=CC(=O)C=CC2=O)cc1. The van der Waals surface area contributed by atoms with Crippen molar-refractivity contribution in [2.45, 2.75) is 4.90 Å². The maximum Gasteiger partial charge on any atom is 0.238 e. The van der Waals surface area contributed by atoms with E-state index in [1.54, 1.807) is 6.07 Å². The molecular formula is C21H15N3O4S. The van der Waals surface area contributed by atoms with Crippen molar-refractivity contribution in [1.29, 1.82) is 0 Å². The van der Waals surface area contributed by atoms with Crippen LogP contribution >= 0.6 is 0 Å². The molecule has 1 aliphatic rings. The molecule has 0 radical (unpaired) electrons.